The Balaban J connectivity index is 1.75. The van der Waals surface area contributed by atoms with Crippen LogP contribution >= 0.6 is 0 Å². The minimum absolute atomic E-state index is 0.148. The minimum Gasteiger partial charge on any atom is -0.463 e. The Hall–Kier alpha value is -4.57. The van der Waals surface area contributed by atoms with Crippen LogP contribution in [0.15, 0.2) is 54.7 Å². The van der Waals surface area contributed by atoms with Gasteiger partial charge in [-0.3, -0.25) is 4.68 Å². The molecule has 190 valence electrons. The normalized spacial score (nSPS) is 12.4. The first-order valence-electron chi connectivity index (χ1n) is 13.0. The van der Waals surface area contributed by atoms with Crippen LogP contribution in [0.4, 0.5) is 17.1 Å². The van der Waals surface area contributed by atoms with Gasteiger partial charge in [0.05, 0.1) is 24.4 Å². The van der Waals surface area contributed by atoms with Crippen LogP contribution in [-0.4, -0.2) is 26.9 Å². The number of esters is 1. The van der Waals surface area contributed by atoms with Crippen LogP contribution in [0.25, 0.3) is 37.8 Å². The molecule has 0 atom stereocenters. The molecular formula is C31H29N5O2. The number of carbonyl (C=O) groups excluding carboxylic acids is 1. The summed E-state index contributed by atoms with van der Waals surface area (Å²) in [5.41, 5.74) is 8.40. The number of carbonyl (C=O) groups is 1. The first-order chi connectivity index (χ1) is 18.4. The van der Waals surface area contributed by atoms with Crippen molar-refractivity contribution in [3.63, 3.8) is 0 Å². The van der Waals surface area contributed by atoms with Gasteiger partial charge >= 0.3 is 5.97 Å². The lowest BCUT2D eigenvalue weighted by molar-refractivity contribution is 0.0528. The van der Waals surface area contributed by atoms with Crippen LogP contribution < -0.4 is 5.32 Å². The van der Waals surface area contributed by atoms with E-state index in [4.69, 9.17) is 11.3 Å². The van der Waals surface area contributed by atoms with Gasteiger partial charge in [0.25, 0.3) is 0 Å². The Labute approximate surface area is 221 Å². The monoisotopic (exact) mass is 503 g/mol. The van der Waals surface area contributed by atoms with Crippen molar-refractivity contribution in [1.82, 2.24) is 14.3 Å². The van der Waals surface area contributed by atoms with Crippen molar-refractivity contribution >= 4 is 44.8 Å². The lowest BCUT2D eigenvalue weighted by Crippen LogP contribution is -2.14. The number of fused-ring (bicyclic) bond motifs is 7. The van der Waals surface area contributed by atoms with Gasteiger partial charge in [-0.15, -0.1) is 0 Å². The summed E-state index contributed by atoms with van der Waals surface area (Å²) in [6.45, 7) is 14.7. The molecule has 0 fully saturated rings. The number of hydrogen-bond donors (Lipinski definition) is 1. The molecule has 3 aromatic carbocycles. The van der Waals surface area contributed by atoms with Crippen molar-refractivity contribution in [3.05, 3.63) is 83.0 Å². The van der Waals surface area contributed by atoms with E-state index < -0.39 is 5.97 Å². The van der Waals surface area contributed by atoms with E-state index in [0.29, 0.717) is 11.3 Å². The number of nitrogens with zero attached hydrogens (tertiary/aromatic N) is 4. The van der Waals surface area contributed by atoms with Gasteiger partial charge in [0.2, 0.25) is 5.69 Å². The molecule has 0 spiro atoms. The zero-order valence-corrected chi connectivity index (χ0v) is 22.0. The van der Waals surface area contributed by atoms with Gasteiger partial charge in [-0.25, -0.2) is 9.64 Å². The highest BCUT2D eigenvalue weighted by atomic mass is 16.5. The van der Waals surface area contributed by atoms with E-state index in [1.807, 2.05) is 43.6 Å². The van der Waals surface area contributed by atoms with E-state index in [1.165, 1.54) is 0 Å². The topological polar surface area (TPSA) is 65.4 Å². The first-order valence-corrected chi connectivity index (χ1v) is 13.0. The number of aromatic nitrogens is 3. The predicted octanol–water partition coefficient (Wildman–Crippen LogP) is 7.35. The molecule has 0 bridgehead atoms. The highest BCUT2D eigenvalue weighted by Gasteiger charge is 2.34. The Morgan fingerprint density at radius 3 is 2.66 bits per heavy atom. The summed E-state index contributed by atoms with van der Waals surface area (Å²) < 4.78 is 9.66. The fourth-order valence-corrected chi connectivity index (χ4v) is 5.89. The van der Waals surface area contributed by atoms with Crippen LogP contribution in [0.2, 0.25) is 0 Å². The number of aryl methyl sites for hydroxylation is 3. The number of rotatable bonds is 5. The lowest BCUT2D eigenvalue weighted by Gasteiger charge is -2.23. The van der Waals surface area contributed by atoms with Crippen molar-refractivity contribution in [2.45, 2.75) is 39.7 Å². The molecule has 0 unspecified atom stereocenters. The molecule has 0 saturated heterocycles. The van der Waals surface area contributed by atoms with Crippen molar-refractivity contribution in [3.8, 4) is 11.1 Å². The third-order valence-electron chi connectivity index (χ3n) is 7.27. The summed E-state index contributed by atoms with van der Waals surface area (Å²) in [5, 5.41) is 9.90. The van der Waals surface area contributed by atoms with Gasteiger partial charge in [0, 0.05) is 52.6 Å². The third-order valence-corrected chi connectivity index (χ3v) is 7.27. The highest BCUT2D eigenvalue weighted by molar-refractivity contribution is 6.23. The fraction of sp³-hybridized carbons (Fsp3) is 0.258. The average Bonchev–Trinajstić information content (AvgIpc) is 3.45. The molecule has 1 N–H and O–H groups in total. The number of nitrogens with one attached hydrogen (secondary N) is 1. The molecule has 1 aliphatic rings. The highest BCUT2D eigenvalue weighted by Crippen LogP contribution is 2.50. The molecule has 5 aromatic rings. The van der Waals surface area contributed by atoms with Gasteiger partial charge in [-0.1, -0.05) is 18.2 Å². The number of ether oxygens (including phenoxy) is 1. The maximum Gasteiger partial charge on any atom is 0.328 e. The summed E-state index contributed by atoms with van der Waals surface area (Å²) in [4.78, 5) is 17.5. The molecule has 0 amide bonds. The second kappa shape index (κ2) is 9.07. The van der Waals surface area contributed by atoms with Gasteiger partial charge in [-0.05, 0) is 80.5 Å². The van der Waals surface area contributed by atoms with E-state index in [9.17, 15) is 4.79 Å². The molecule has 7 heteroatoms. The van der Waals surface area contributed by atoms with Crippen molar-refractivity contribution in [1.29, 1.82) is 0 Å². The van der Waals surface area contributed by atoms with Gasteiger partial charge in [-0.2, -0.15) is 5.10 Å². The Morgan fingerprint density at radius 1 is 1.16 bits per heavy atom. The molecule has 0 saturated carbocycles. The lowest BCUT2D eigenvalue weighted by atomic mass is 9.83. The summed E-state index contributed by atoms with van der Waals surface area (Å²) >= 11 is 0. The number of hydrogen-bond acceptors (Lipinski definition) is 4. The largest absolute Gasteiger partial charge is 0.463 e. The zero-order chi connectivity index (χ0) is 26.6. The Bertz CT molecular complexity index is 1770. The molecule has 2 heterocycles. The van der Waals surface area contributed by atoms with Crippen molar-refractivity contribution in [2.24, 2.45) is 7.05 Å². The molecule has 7 nitrogen and oxygen atoms in total. The number of benzene rings is 3. The van der Waals surface area contributed by atoms with E-state index in [-0.39, 0.29) is 12.6 Å². The van der Waals surface area contributed by atoms with Gasteiger partial charge in [0.15, 0.2) is 0 Å². The maximum atomic E-state index is 13.5. The van der Waals surface area contributed by atoms with Crippen LogP contribution in [0.3, 0.4) is 0 Å². The molecule has 38 heavy (non-hydrogen) atoms. The smallest absolute Gasteiger partial charge is 0.328 e. The van der Waals surface area contributed by atoms with Crippen LogP contribution in [-0.2, 0) is 24.6 Å². The Kier molecular flexibility index (Phi) is 5.68. The van der Waals surface area contributed by atoms with Gasteiger partial charge < -0.3 is 14.6 Å². The quantitative estimate of drug-likeness (QED) is 0.201. The van der Waals surface area contributed by atoms with Crippen LogP contribution in [0, 0.1) is 6.57 Å². The van der Waals surface area contributed by atoms with Crippen molar-refractivity contribution in [2.75, 3.05) is 11.9 Å². The standard InChI is InChI=1S/C31H29N5O2/c1-6-38-31(37)28-26-21(13-14-24-23(26)17-35(5)34-24)30-27(29(28)32-4)22-16-20(33-19-10-8-7-9-11-19)12-15-25(22)36(30)18(2)3/h7-12,15-18,33H,6,13-14H2,1-3,5H3. The number of anilines is 2. The maximum absolute atomic E-state index is 13.5. The summed E-state index contributed by atoms with van der Waals surface area (Å²) in [5.74, 6) is -0.461. The molecular weight excluding hydrogens is 474 g/mol. The van der Waals surface area contributed by atoms with Crippen LogP contribution in [0.5, 0.6) is 0 Å². The zero-order valence-electron chi connectivity index (χ0n) is 22.0. The number of para-hydroxylation sites is 1. The van der Waals surface area contributed by atoms with Crippen LogP contribution in [0.1, 0.15) is 48.4 Å². The van der Waals surface area contributed by atoms with E-state index in [0.717, 1.165) is 68.4 Å². The third kappa shape index (κ3) is 3.56. The molecule has 0 radical (unpaired) electrons. The first kappa shape index (κ1) is 23.8. The summed E-state index contributed by atoms with van der Waals surface area (Å²) in [6.07, 6.45) is 3.47. The molecule has 1 aliphatic carbocycles. The van der Waals surface area contributed by atoms with E-state index >= 15 is 0 Å². The minimum atomic E-state index is -0.461. The second-order valence-corrected chi connectivity index (χ2v) is 9.98. The predicted molar refractivity (Wildman–Crippen MR) is 151 cm³/mol. The van der Waals surface area contributed by atoms with Crippen molar-refractivity contribution < 1.29 is 9.53 Å². The fourth-order valence-electron chi connectivity index (χ4n) is 5.89. The molecule has 0 aliphatic heterocycles. The molecule has 2 aromatic heterocycles. The average molecular weight is 504 g/mol. The van der Waals surface area contributed by atoms with Gasteiger partial charge in [0.1, 0.15) is 0 Å². The second-order valence-electron chi connectivity index (χ2n) is 9.98. The Morgan fingerprint density at radius 2 is 1.95 bits per heavy atom. The van der Waals surface area contributed by atoms with E-state index in [2.05, 4.69) is 51.9 Å². The summed E-state index contributed by atoms with van der Waals surface area (Å²) in [7, 11) is 1.89. The van der Waals surface area contributed by atoms with E-state index in [1.54, 1.807) is 11.6 Å². The SMILES string of the molecule is [C-]#[N+]c1c(C(=O)OCC)c2c(c3c1c1cc(Nc4ccccc4)ccc1n3C(C)C)CCc1nn(C)cc1-2. The molecule has 6 rings (SSSR count). The summed E-state index contributed by atoms with van der Waals surface area (Å²) in [6, 6.07) is 16.4.